The summed E-state index contributed by atoms with van der Waals surface area (Å²) in [5.74, 6) is 0.524. The van der Waals surface area contributed by atoms with Crippen LogP contribution in [-0.2, 0) is 10.8 Å². The van der Waals surface area contributed by atoms with Crippen molar-refractivity contribution >= 4 is 16.7 Å². The van der Waals surface area contributed by atoms with E-state index >= 15 is 0 Å². The third-order valence-corrected chi connectivity index (χ3v) is 6.33. The fourth-order valence-electron chi connectivity index (χ4n) is 2.65. The normalized spacial score (nSPS) is 21.8. The Morgan fingerprint density at radius 3 is 2.75 bits per heavy atom. The van der Waals surface area contributed by atoms with Crippen LogP contribution in [0.25, 0.3) is 0 Å². The van der Waals surface area contributed by atoms with Gasteiger partial charge in [0.25, 0.3) is 5.91 Å². The smallest absolute Gasteiger partial charge is 0.255 e. The van der Waals surface area contributed by atoms with Crippen molar-refractivity contribution < 1.29 is 9.00 Å². The van der Waals surface area contributed by atoms with Crippen molar-refractivity contribution in [2.24, 2.45) is 0 Å². The third-order valence-electron chi connectivity index (χ3n) is 4.11. The molecule has 1 atom stereocenters. The molecule has 1 unspecified atom stereocenters. The summed E-state index contributed by atoms with van der Waals surface area (Å²) in [4.78, 5) is 14.3. The first-order valence-electron chi connectivity index (χ1n) is 6.99. The van der Waals surface area contributed by atoms with Crippen LogP contribution >= 0.6 is 0 Å². The predicted octanol–water partition coefficient (Wildman–Crippen LogP) is 1.55. The van der Waals surface area contributed by atoms with Crippen molar-refractivity contribution in [3.8, 4) is 0 Å². The van der Waals surface area contributed by atoms with E-state index in [4.69, 9.17) is 0 Å². The highest BCUT2D eigenvalue weighted by atomic mass is 32.2. The van der Waals surface area contributed by atoms with Crippen molar-refractivity contribution in [3.05, 3.63) is 23.5 Å². The van der Waals surface area contributed by atoms with Gasteiger partial charge in [-0.3, -0.25) is 9.00 Å². The molecule has 5 nitrogen and oxygen atoms in total. The molecule has 6 heteroatoms. The number of hydrogen-bond acceptors (Lipinski definition) is 4. The Hall–Kier alpha value is -1.30. The molecule has 1 aromatic rings. The lowest BCUT2D eigenvalue weighted by Gasteiger charge is -2.41. The van der Waals surface area contributed by atoms with Crippen LogP contribution in [0.1, 0.15) is 42.7 Å². The Morgan fingerprint density at radius 2 is 2.15 bits per heavy atom. The molecule has 20 heavy (non-hydrogen) atoms. The van der Waals surface area contributed by atoms with Crippen LogP contribution in [0.3, 0.4) is 0 Å². The first-order chi connectivity index (χ1) is 9.52. The van der Waals surface area contributed by atoms with E-state index in [9.17, 15) is 9.00 Å². The molecule has 110 valence electrons. The Bertz CT molecular complexity index is 529. The van der Waals surface area contributed by atoms with Crippen molar-refractivity contribution in [1.82, 2.24) is 15.1 Å². The molecule has 2 heterocycles. The number of aromatic nitrogens is 2. The Morgan fingerprint density at radius 1 is 1.45 bits per heavy atom. The molecule has 1 fully saturated rings. The predicted molar refractivity (Wildman–Crippen MR) is 79.0 cm³/mol. The molecule has 0 aromatic carbocycles. The molecule has 1 amide bonds. The molecular formula is C14H21N3O2S. The maximum atomic E-state index is 12.5. The minimum Gasteiger partial charge on any atom is -0.336 e. The van der Waals surface area contributed by atoms with Crippen LogP contribution in [0.2, 0.25) is 0 Å². The number of hydrogen-bond donors (Lipinski definition) is 0. The maximum absolute atomic E-state index is 12.5. The molecule has 0 N–H and O–H groups in total. The number of carbonyl (C=O) groups excluding carboxylic acids is 1. The zero-order chi connectivity index (χ0) is 14.8. The molecule has 2 rings (SSSR count). The Balaban J connectivity index is 2.21. The van der Waals surface area contributed by atoms with Gasteiger partial charge in [-0.05, 0) is 25.8 Å². The minimum absolute atomic E-state index is 0.0361. The van der Waals surface area contributed by atoms with Crippen molar-refractivity contribution in [1.29, 1.82) is 0 Å². The van der Waals surface area contributed by atoms with E-state index in [1.807, 2.05) is 25.7 Å². The largest absolute Gasteiger partial charge is 0.336 e. The second kappa shape index (κ2) is 5.99. The fourth-order valence-corrected chi connectivity index (χ4v) is 4.41. The molecule has 1 aliphatic rings. The van der Waals surface area contributed by atoms with E-state index in [1.54, 1.807) is 6.07 Å². The summed E-state index contributed by atoms with van der Waals surface area (Å²) in [6, 6.07) is 1.75. The van der Waals surface area contributed by atoms with Gasteiger partial charge in [-0.2, -0.15) is 10.2 Å². The quantitative estimate of drug-likeness (QED) is 0.848. The monoisotopic (exact) mass is 295 g/mol. The van der Waals surface area contributed by atoms with Gasteiger partial charge in [0, 0.05) is 29.6 Å². The van der Waals surface area contributed by atoms with E-state index in [0.717, 1.165) is 18.5 Å². The Labute approximate surface area is 122 Å². The van der Waals surface area contributed by atoms with Crippen LogP contribution in [-0.4, -0.2) is 48.8 Å². The number of rotatable bonds is 3. The fraction of sp³-hybridized carbons (Fsp3) is 0.643. The van der Waals surface area contributed by atoms with E-state index < -0.39 is 10.8 Å². The summed E-state index contributed by atoms with van der Waals surface area (Å²) in [6.07, 6.45) is 3.15. The topological polar surface area (TPSA) is 63.2 Å². The van der Waals surface area contributed by atoms with Crippen molar-refractivity contribution in [2.45, 2.75) is 38.4 Å². The second-order valence-corrected chi connectivity index (χ2v) is 7.22. The van der Waals surface area contributed by atoms with E-state index in [1.165, 1.54) is 6.20 Å². The summed E-state index contributed by atoms with van der Waals surface area (Å²) >= 11 is 0. The van der Waals surface area contributed by atoms with Gasteiger partial charge in [0.05, 0.1) is 22.2 Å². The maximum Gasteiger partial charge on any atom is 0.255 e. The van der Waals surface area contributed by atoms with Gasteiger partial charge in [-0.15, -0.1) is 0 Å². The van der Waals surface area contributed by atoms with Crippen molar-refractivity contribution in [2.75, 3.05) is 18.8 Å². The minimum atomic E-state index is -0.857. The van der Waals surface area contributed by atoms with Gasteiger partial charge in [0.2, 0.25) is 0 Å². The summed E-state index contributed by atoms with van der Waals surface area (Å²) < 4.78 is 12.0. The van der Waals surface area contributed by atoms with Gasteiger partial charge < -0.3 is 4.90 Å². The highest BCUT2D eigenvalue weighted by Crippen LogP contribution is 2.29. The van der Waals surface area contributed by atoms with Gasteiger partial charge in [0.1, 0.15) is 0 Å². The highest BCUT2D eigenvalue weighted by Gasteiger charge is 2.40. The van der Waals surface area contributed by atoms with Crippen molar-refractivity contribution in [3.63, 3.8) is 0 Å². The molecule has 1 aliphatic heterocycles. The van der Waals surface area contributed by atoms with Crippen LogP contribution in [0.5, 0.6) is 0 Å². The van der Waals surface area contributed by atoms with Gasteiger partial charge in [-0.25, -0.2) is 0 Å². The first-order valence-corrected chi connectivity index (χ1v) is 8.31. The summed E-state index contributed by atoms with van der Waals surface area (Å²) in [6.45, 7) is 7.03. The average Bonchev–Trinajstić information content (AvgIpc) is 2.47. The lowest BCUT2D eigenvalue weighted by molar-refractivity contribution is 0.0735. The molecule has 0 aliphatic carbocycles. The second-order valence-electron chi connectivity index (χ2n) is 5.25. The van der Waals surface area contributed by atoms with Gasteiger partial charge in [-0.1, -0.05) is 13.8 Å². The van der Waals surface area contributed by atoms with E-state index in [2.05, 4.69) is 10.2 Å². The third kappa shape index (κ3) is 2.75. The molecule has 1 aromatic heterocycles. The van der Waals surface area contributed by atoms with E-state index in [-0.39, 0.29) is 10.7 Å². The van der Waals surface area contributed by atoms with Crippen LogP contribution in [0.4, 0.5) is 0 Å². The molecule has 0 saturated carbocycles. The first kappa shape index (κ1) is 15.1. The number of carbonyl (C=O) groups is 1. The van der Waals surface area contributed by atoms with Gasteiger partial charge in [0.15, 0.2) is 0 Å². The van der Waals surface area contributed by atoms with Gasteiger partial charge >= 0.3 is 0 Å². The lowest BCUT2D eigenvalue weighted by atomic mass is 10.0. The van der Waals surface area contributed by atoms with E-state index in [0.29, 0.717) is 24.4 Å². The summed E-state index contributed by atoms with van der Waals surface area (Å²) in [5, 5.41) is 7.71. The summed E-state index contributed by atoms with van der Waals surface area (Å²) in [7, 11) is -0.857. The average molecular weight is 295 g/mol. The summed E-state index contributed by atoms with van der Waals surface area (Å²) in [5.41, 5.74) is 1.29. The molecule has 0 radical (unpaired) electrons. The zero-order valence-corrected chi connectivity index (χ0v) is 13.1. The molecule has 0 bridgehead atoms. The lowest BCUT2D eigenvalue weighted by Crippen LogP contribution is -2.54. The molecule has 0 spiro atoms. The standard InChI is InChI=1S/C14H21N3O2S/c1-4-14(5-2)10-17(6-7-20(14)19)13(18)12-8-11(3)16-15-9-12/h8-9H,4-7,10H2,1-3H3. The SMILES string of the molecule is CCC1(CC)CN(C(=O)c2cnnc(C)c2)CCS1=O. The van der Waals surface area contributed by atoms with Crippen LogP contribution in [0, 0.1) is 6.92 Å². The number of amides is 1. The Kier molecular flexibility index (Phi) is 4.52. The molecular weight excluding hydrogens is 274 g/mol. The van der Waals surface area contributed by atoms with Crippen LogP contribution in [0.15, 0.2) is 12.3 Å². The van der Waals surface area contributed by atoms with Crippen LogP contribution < -0.4 is 0 Å². The number of aryl methyl sites for hydroxylation is 1. The molecule has 1 saturated heterocycles. The zero-order valence-electron chi connectivity index (χ0n) is 12.3. The number of nitrogens with zero attached hydrogens (tertiary/aromatic N) is 3. The highest BCUT2D eigenvalue weighted by molar-refractivity contribution is 7.86.